The smallest absolute Gasteiger partial charge is 0.255 e. The highest BCUT2D eigenvalue weighted by Gasteiger charge is 2.26. The minimum absolute atomic E-state index is 0.0289. The third kappa shape index (κ3) is 3.13. The van der Waals surface area contributed by atoms with Gasteiger partial charge in [-0.05, 0) is 30.5 Å². The van der Waals surface area contributed by atoms with E-state index in [1.807, 2.05) is 33.8 Å². The fourth-order valence-electron chi connectivity index (χ4n) is 3.35. The van der Waals surface area contributed by atoms with Crippen molar-refractivity contribution in [2.75, 3.05) is 19.6 Å². The van der Waals surface area contributed by atoms with Crippen LogP contribution in [0.2, 0.25) is 0 Å². The number of hydrogen-bond donors (Lipinski definition) is 1. The van der Waals surface area contributed by atoms with E-state index in [0.717, 1.165) is 30.5 Å². The molecule has 0 aliphatic carbocycles. The first-order valence-corrected chi connectivity index (χ1v) is 8.59. The van der Waals surface area contributed by atoms with Gasteiger partial charge in [0, 0.05) is 24.7 Å². The van der Waals surface area contributed by atoms with Crippen LogP contribution >= 0.6 is 0 Å². The third-order valence-corrected chi connectivity index (χ3v) is 4.80. The van der Waals surface area contributed by atoms with Gasteiger partial charge in [-0.2, -0.15) is 5.10 Å². The Morgan fingerprint density at radius 1 is 1.24 bits per heavy atom. The van der Waals surface area contributed by atoms with Crippen LogP contribution in [0, 0.1) is 5.92 Å². The molecule has 0 spiro atoms. The van der Waals surface area contributed by atoms with Crippen LogP contribution in [0.25, 0.3) is 11.0 Å². The molecule has 4 rings (SSSR count). The number of rotatable bonds is 4. The average molecular weight is 335 g/mol. The topological polar surface area (TPSA) is 77.0 Å². The summed E-state index contributed by atoms with van der Waals surface area (Å²) in [6.45, 7) is 2.80. The molecule has 2 N–H and O–H groups in total. The number of likely N-dealkylation sites (tertiary alicyclic amines) is 1. The number of benzene rings is 1. The Morgan fingerprint density at radius 3 is 2.84 bits per heavy atom. The fourth-order valence-corrected chi connectivity index (χ4v) is 3.35. The summed E-state index contributed by atoms with van der Waals surface area (Å²) in [5.74, 6) is 0.440. The van der Waals surface area contributed by atoms with Crippen molar-refractivity contribution in [3.63, 3.8) is 0 Å². The van der Waals surface area contributed by atoms with E-state index in [-0.39, 0.29) is 5.91 Å². The standard InChI is InChI=1S/C19H21N5O/c20-9-15-6-7-23(12-15)19(25)17-8-16-11-22-24(18(16)21-10-17)13-14-4-2-1-3-5-14/h1-5,8,10-11,15H,6-7,9,12-13,20H2/t15-/m1/s1. The number of aromatic nitrogens is 3. The first-order valence-electron chi connectivity index (χ1n) is 8.59. The molecule has 2 aromatic heterocycles. The van der Waals surface area contributed by atoms with Gasteiger partial charge < -0.3 is 10.6 Å². The van der Waals surface area contributed by atoms with Crippen molar-refractivity contribution in [1.29, 1.82) is 0 Å². The normalized spacial score (nSPS) is 17.3. The van der Waals surface area contributed by atoms with Crippen molar-refractivity contribution in [2.45, 2.75) is 13.0 Å². The van der Waals surface area contributed by atoms with Crippen LogP contribution in [-0.4, -0.2) is 45.2 Å². The lowest BCUT2D eigenvalue weighted by molar-refractivity contribution is 0.0787. The molecule has 0 unspecified atom stereocenters. The van der Waals surface area contributed by atoms with Crippen molar-refractivity contribution in [1.82, 2.24) is 19.7 Å². The minimum Gasteiger partial charge on any atom is -0.338 e. The zero-order valence-corrected chi connectivity index (χ0v) is 14.0. The first kappa shape index (κ1) is 15.8. The summed E-state index contributed by atoms with van der Waals surface area (Å²) in [6, 6.07) is 12.0. The third-order valence-electron chi connectivity index (χ3n) is 4.80. The van der Waals surface area contributed by atoms with E-state index in [4.69, 9.17) is 5.73 Å². The Kier molecular flexibility index (Phi) is 4.19. The van der Waals surface area contributed by atoms with Gasteiger partial charge in [0.15, 0.2) is 5.65 Å². The highest BCUT2D eigenvalue weighted by atomic mass is 16.2. The highest BCUT2D eigenvalue weighted by molar-refractivity contribution is 5.97. The molecule has 3 aromatic rings. The highest BCUT2D eigenvalue weighted by Crippen LogP contribution is 2.20. The SMILES string of the molecule is NC[C@H]1CCN(C(=O)c2cnc3c(cnn3Cc3ccccc3)c2)C1. The molecule has 0 saturated carbocycles. The summed E-state index contributed by atoms with van der Waals surface area (Å²) in [5, 5.41) is 5.31. The molecule has 0 bridgehead atoms. The van der Waals surface area contributed by atoms with Crippen LogP contribution in [-0.2, 0) is 6.54 Å². The second-order valence-electron chi connectivity index (χ2n) is 6.57. The van der Waals surface area contributed by atoms with E-state index in [1.165, 1.54) is 5.56 Å². The predicted octanol–water partition coefficient (Wildman–Crippen LogP) is 1.90. The zero-order chi connectivity index (χ0) is 17.2. The van der Waals surface area contributed by atoms with E-state index in [2.05, 4.69) is 22.2 Å². The Hall–Kier alpha value is -2.73. The minimum atomic E-state index is 0.0289. The molecular weight excluding hydrogens is 314 g/mol. The largest absolute Gasteiger partial charge is 0.338 e. The van der Waals surface area contributed by atoms with Crippen LogP contribution in [0.4, 0.5) is 0 Å². The van der Waals surface area contributed by atoms with Crippen molar-refractivity contribution < 1.29 is 4.79 Å². The second kappa shape index (κ2) is 6.64. The lowest BCUT2D eigenvalue weighted by atomic mass is 10.1. The van der Waals surface area contributed by atoms with Gasteiger partial charge in [-0.3, -0.25) is 4.79 Å². The van der Waals surface area contributed by atoms with E-state index < -0.39 is 0 Å². The summed E-state index contributed by atoms with van der Waals surface area (Å²) in [4.78, 5) is 19.0. The molecule has 1 aromatic carbocycles. The number of amides is 1. The molecular formula is C19H21N5O. The maximum absolute atomic E-state index is 12.7. The number of nitrogens with two attached hydrogens (primary N) is 1. The molecule has 1 amide bonds. The Bertz CT molecular complexity index is 889. The van der Waals surface area contributed by atoms with Crippen molar-refractivity contribution in [2.24, 2.45) is 11.7 Å². The number of pyridine rings is 1. The Labute approximate surface area is 146 Å². The monoisotopic (exact) mass is 335 g/mol. The van der Waals surface area contributed by atoms with Crippen molar-refractivity contribution in [3.8, 4) is 0 Å². The number of carbonyl (C=O) groups excluding carboxylic acids is 1. The Balaban J connectivity index is 1.56. The van der Waals surface area contributed by atoms with Crippen molar-refractivity contribution >= 4 is 16.9 Å². The van der Waals surface area contributed by atoms with Gasteiger partial charge in [0.2, 0.25) is 0 Å². The van der Waals surface area contributed by atoms with E-state index in [0.29, 0.717) is 24.6 Å². The molecule has 0 radical (unpaired) electrons. The zero-order valence-electron chi connectivity index (χ0n) is 14.0. The summed E-state index contributed by atoms with van der Waals surface area (Å²) in [5.41, 5.74) is 8.29. The molecule has 1 atom stereocenters. The lowest BCUT2D eigenvalue weighted by Crippen LogP contribution is -2.29. The first-order chi connectivity index (χ1) is 12.2. The van der Waals surface area contributed by atoms with Crippen LogP contribution in [0.15, 0.2) is 48.8 Å². The van der Waals surface area contributed by atoms with Gasteiger partial charge in [0.1, 0.15) is 0 Å². The van der Waals surface area contributed by atoms with Gasteiger partial charge in [-0.15, -0.1) is 0 Å². The second-order valence-corrected chi connectivity index (χ2v) is 6.57. The van der Waals surface area contributed by atoms with Crippen LogP contribution in [0.1, 0.15) is 22.3 Å². The predicted molar refractivity (Wildman–Crippen MR) is 96.1 cm³/mol. The molecule has 25 heavy (non-hydrogen) atoms. The van der Waals surface area contributed by atoms with Gasteiger partial charge >= 0.3 is 0 Å². The number of carbonyl (C=O) groups is 1. The van der Waals surface area contributed by atoms with Gasteiger partial charge in [0.05, 0.1) is 18.3 Å². The number of hydrogen-bond acceptors (Lipinski definition) is 4. The summed E-state index contributed by atoms with van der Waals surface area (Å²) >= 11 is 0. The fraction of sp³-hybridized carbons (Fsp3) is 0.316. The number of fused-ring (bicyclic) bond motifs is 1. The quantitative estimate of drug-likeness (QED) is 0.790. The maximum Gasteiger partial charge on any atom is 0.255 e. The molecule has 1 saturated heterocycles. The van der Waals surface area contributed by atoms with Gasteiger partial charge in [0.25, 0.3) is 5.91 Å². The van der Waals surface area contributed by atoms with Crippen molar-refractivity contribution in [3.05, 3.63) is 59.9 Å². The van der Waals surface area contributed by atoms with E-state index >= 15 is 0 Å². The van der Waals surface area contributed by atoms with Crippen LogP contribution < -0.4 is 5.73 Å². The van der Waals surface area contributed by atoms with Gasteiger partial charge in [-0.1, -0.05) is 30.3 Å². The van der Waals surface area contributed by atoms with E-state index in [9.17, 15) is 4.79 Å². The van der Waals surface area contributed by atoms with Crippen LogP contribution in [0.5, 0.6) is 0 Å². The summed E-state index contributed by atoms with van der Waals surface area (Å²) in [7, 11) is 0. The maximum atomic E-state index is 12.7. The molecule has 1 aliphatic rings. The Morgan fingerprint density at radius 2 is 2.08 bits per heavy atom. The molecule has 1 aliphatic heterocycles. The summed E-state index contributed by atoms with van der Waals surface area (Å²) in [6.07, 6.45) is 4.41. The average Bonchev–Trinajstić information content (AvgIpc) is 3.29. The van der Waals surface area contributed by atoms with E-state index in [1.54, 1.807) is 12.4 Å². The molecule has 3 heterocycles. The number of nitrogens with zero attached hydrogens (tertiary/aromatic N) is 4. The molecule has 6 nitrogen and oxygen atoms in total. The van der Waals surface area contributed by atoms with Crippen LogP contribution in [0.3, 0.4) is 0 Å². The molecule has 128 valence electrons. The summed E-state index contributed by atoms with van der Waals surface area (Å²) < 4.78 is 1.86. The van der Waals surface area contributed by atoms with Gasteiger partial charge in [-0.25, -0.2) is 9.67 Å². The molecule has 6 heteroatoms. The molecule has 1 fully saturated rings. The lowest BCUT2D eigenvalue weighted by Gasteiger charge is -2.16.